The standard InChI is InChI=1S/C22H29F2N3O3/c1-16-9-10-18(20(13-16)29-12-6-11-28-3)15-27-22(25-2)26-14-17-7-4-5-8-19(17)30-21(23)24/h4-5,7-10,13,21H,6,11-12,14-15H2,1-3H3,(H2,25,26,27). The number of aryl methyl sites for hydroxylation is 1. The molecule has 2 N–H and O–H groups in total. The molecular formula is C22H29F2N3O3. The highest BCUT2D eigenvalue weighted by Crippen LogP contribution is 2.21. The molecule has 0 atom stereocenters. The lowest BCUT2D eigenvalue weighted by Crippen LogP contribution is -2.36. The highest BCUT2D eigenvalue weighted by Gasteiger charge is 2.10. The van der Waals surface area contributed by atoms with Crippen LogP contribution in [0.1, 0.15) is 23.1 Å². The van der Waals surface area contributed by atoms with Crippen molar-refractivity contribution in [1.29, 1.82) is 0 Å². The molecule has 6 nitrogen and oxygen atoms in total. The summed E-state index contributed by atoms with van der Waals surface area (Å²) in [6.07, 6.45) is 0.806. The first-order valence-corrected chi connectivity index (χ1v) is 9.72. The molecule has 0 aliphatic carbocycles. The molecule has 0 fully saturated rings. The van der Waals surface area contributed by atoms with Crippen LogP contribution in [0.2, 0.25) is 0 Å². The summed E-state index contributed by atoms with van der Waals surface area (Å²) in [4.78, 5) is 4.19. The second kappa shape index (κ2) is 12.6. The molecule has 2 aromatic carbocycles. The van der Waals surface area contributed by atoms with Gasteiger partial charge in [0.15, 0.2) is 5.96 Å². The van der Waals surface area contributed by atoms with Gasteiger partial charge < -0.3 is 24.8 Å². The van der Waals surface area contributed by atoms with Crippen LogP contribution >= 0.6 is 0 Å². The van der Waals surface area contributed by atoms with Gasteiger partial charge in [0.1, 0.15) is 11.5 Å². The van der Waals surface area contributed by atoms with E-state index in [1.54, 1.807) is 32.4 Å². The number of para-hydroxylation sites is 1. The first-order valence-electron chi connectivity index (χ1n) is 9.72. The zero-order chi connectivity index (χ0) is 21.8. The Labute approximate surface area is 176 Å². The first-order chi connectivity index (χ1) is 14.5. The van der Waals surface area contributed by atoms with E-state index in [2.05, 4.69) is 20.4 Å². The summed E-state index contributed by atoms with van der Waals surface area (Å²) in [5.41, 5.74) is 2.71. The van der Waals surface area contributed by atoms with Crippen LogP contribution in [0.15, 0.2) is 47.5 Å². The molecule has 0 aliphatic rings. The summed E-state index contributed by atoms with van der Waals surface area (Å²) in [6.45, 7) is 1.14. The Balaban J connectivity index is 1.95. The average Bonchev–Trinajstić information content (AvgIpc) is 2.73. The minimum atomic E-state index is -2.87. The number of hydrogen-bond donors (Lipinski definition) is 2. The largest absolute Gasteiger partial charge is 0.493 e. The Bertz CT molecular complexity index is 816. The van der Waals surface area contributed by atoms with Crippen molar-refractivity contribution in [3.8, 4) is 11.5 Å². The third kappa shape index (κ3) is 7.87. The van der Waals surface area contributed by atoms with Gasteiger partial charge in [-0.25, -0.2) is 0 Å². The zero-order valence-corrected chi connectivity index (χ0v) is 17.6. The normalized spacial score (nSPS) is 11.5. The molecular weight excluding hydrogens is 392 g/mol. The van der Waals surface area contributed by atoms with Crippen LogP contribution in [-0.4, -0.2) is 39.9 Å². The molecule has 0 heterocycles. The van der Waals surface area contributed by atoms with E-state index < -0.39 is 6.61 Å². The molecule has 0 saturated heterocycles. The molecule has 0 aliphatic heterocycles. The molecule has 0 spiro atoms. The van der Waals surface area contributed by atoms with E-state index in [0.717, 1.165) is 23.3 Å². The van der Waals surface area contributed by atoms with Gasteiger partial charge in [-0.3, -0.25) is 4.99 Å². The van der Waals surface area contributed by atoms with E-state index in [9.17, 15) is 8.78 Å². The molecule has 8 heteroatoms. The Morgan fingerprint density at radius 2 is 1.70 bits per heavy atom. The van der Waals surface area contributed by atoms with E-state index >= 15 is 0 Å². The van der Waals surface area contributed by atoms with Crippen molar-refractivity contribution in [3.63, 3.8) is 0 Å². The molecule has 0 amide bonds. The summed E-state index contributed by atoms with van der Waals surface area (Å²) >= 11 is 0. The van der Waals surface area contributed by atoms with E-state index in [0.29, 0.717) is 31.3 Å². The lowest BCUT2D eigenvalue weighted by Gasteiger charge is -2.16. The second-order valence-corrected chi connectivity index (χ2v) is 6.57. The van der Waals surface area contributed by atoms with Crippen molar-refractivity contribution in [2.45, 2.75) is 33.0 Å². The number of nitrogens with one attached hydrogen (secondary N) is 2. The Kier molecular flexibility index (Phi) is 9.86. The van der Waals surface area contributed by atoms with Gasteiger partial charge in [-0.15, -0.1) is 0 Å². The summed E-state index contributed by atoms with van der Waals surface area (Å²) in [7, 11) is 3.31. The maximum atomic E-state index is 12.6. The number of ether oxygens (including phenoxy) is 3. The van der Waals surface area contributed by atoms with Crippen LogP contribution in [0, 0.1) is 6.92 Å². The highest BCUT2D eigenvalue weighted by molar-refractivity contribution is 5.79. The fraction of sp³-hybridized carbons (Fsp3) is 0.409. The van der Waals surface area contributed by atoms with Crippen LogP contribution in [0.25, 0.3) is 0 Å². The van der Waals surface area contributed by atoms with Gasteiger partial charge in [0.2, 0.25) is 0 Å². The van der Waals surface area contributed by atoms with Crippen molar-refractivity contribution in [2.24, 2.45) is 4.99 Å². The fourth-order valence-electron chi connectivity index (χ4n) is 2.77. The van der Waals surface area contributed by atoms with Crippen molar-refractivity contribution >= 4 is 5.96 Å². The number of hydrogen-bond acceptors (Lipinski definition) is 4. The maximum Gasteiger partial charge on any atom is 0.387 e. The van der Waals surface area contributed by atoms with Crippen LogP contribution in [-0.2, 0) is 17.8 Å². The Morgan fingerprint density at radius 3 is 2.37 bits per heavy atom. The highest BCUT2D eigenvalue weighted by atomic mass is 19.3. The summed E-state index contributed by atoms with van der Waals surface area (Å²) in [6, 6.07) is 12.7. The SMILES string of the molecule is CN=C(NCc1ccc(C)cc1OCCCOC)NCc1ccccc1OC(F)F. The average molecular weight is 421 g/mol. The van der Waals surface area contributed by atoms with E-state index in [1.807, 2.05) is 25.1 Å². The minimum absolute atomic E-state index is 0.140. The van der Waals surface area contributed by atoms with Gasteiger partial charge in [-0.1, -0.05) is 30.3 Å². The molecule has 164 valence electrons. The van der Waals surface area contributed by atoms with E-state index in [4.69, 9.17) is 9.47 Å². The lowest BCUT2D eigenvalue weighted by molar-refractivity contribution is -0.0504. The molecule has 30 heavy (non-hydrogen) atoms. The van der Waals surface area contributed by atoms with Gasteiger partial charge in [-0.2, -0.15) is 8.78 Å². The molecule has 2 aromatic rings. The molecule has 0 saturated carbocycles. The molecule has 0 aromatic heterocycles. The summed E-state index contributed by atoms with van der Waals surface area (Å²) in [5, 5.41) is 6.34. The molecule has 0 unspecified atom stereocenters. The number of guanidine groups is 1. The summed E-state index contributed by atoms with van der Waals surface area (Å²) in [5.74, 6) is 1.48. The van der Waals surface area contributed by atoms with E-state index in [1.165, 1.54) is 6.07 Å². The molecule has 2 rings (SSSR count). The van der Waals surface area contributed by atoms with Crippen LogP contribution < -0.4 is 20.1 Å². The van der Waals surface area contributed by atoms with Crippen molar-refractivity contribution in [1.82, 2.24) is 10.6 Å². The smallest absolute Gasteiger partial charge is 0.387 e. The predicted molar refractivity (Wildman–Crippen MR) is 113 cm³/mol. The maximum absolute atomic E-state index is 12.6. The van der Waals surface area contributed by atoms with E-state index in [-0.39, 0.29) is 12.3 Å². The van der Waals surface area contributed by atoms with Crippen molar-refractivity contribution < 1.29 is 23.0 Å². The number of alkyl halides is 2. The Morgan fingerprint density at radius 1 is 1.00 bits per heavy atom. The summed E-state index contributed by atoms with van der Waals surface area (Å²) < 4.78 is 40.7. The molecule has 0 bridgehead atoms. The number of rotatable bonds is 11. The third-order valence-electron chi connectivity index (χ3n) is 4.28. The van der Waals surface area contributed by atoms with Gasteiger partial charge in [0.25, 0.3) is 0 Å². The molecule has 0 radical (unpaired) electrons. The monoisotopic (exact) mass is 421 g/mol. The fourth-order valence-corrected chi connectivity index (χ4v) is 2.77. The van der Waals surface area contributed by atoms with Gasteiger partial charge in [0.05, 0.1) is 6.61 Å². The predicted octanol–water partition coefficient (Wildman–Crippen LogP) is 3.88. The van der Waals surface area contributed by atoms with Crippen molar-refractivity contribution in [2.75, 3.05) is 27.4 Å². The van der Waals surface area contributed by atoms with Gasteiger partial charge in [-0.05, 0) is 24.6 Å². The second-order valence-electron chi connectivity index (χ2n) is 6.57. The Hall–Kier alpha value is -2.87. The first kappa shape index (κ1) is 23.4. The van der Waals surface area contributed by atoms with Crippen molar-refractivity contribution in [3.05, 3.63) is 59.2 Å². The number of halogens is 2. The van der Waals surface area contributed by atoms with Gasteiger partial charge >= 0.3 is 6.61 Å². The number of nitrogens with zero attached hydrogens (tertiary/aromatic N) is 1. The minimum Gasteiger partial charge on any atom is -0.493 e. The lowest BCUT2D eigenvalue weighted by atomic mass is 10.1. The van der Waals surface area contributed by atoms with Crippen LogP contribution in [0.5, 0.6) is 11.5 Å². The van der Waals surface area contributed by atoms with Crippen LogP contribution in [0.4, 0.5) is 8.78 Å². The van der Waals surface area contributed by atoms with Crippen LogP contribution in [0.3, 0.4) is 0 Å². The quantitative estimate of drug-likeness (QED) is 0.328. The third-order valence-corrected chi connectivity index (χ3v) is 4.28. The number of aliphatic imine (C=N–C) groups is 1. The topological polar surface area (TPSA) is 64.1 Å². The van der Waals surface area contributed by atoms with Gasteiger partial charge in [0, 0.05) is 51.4 Å². The number of benzene rings is 2. The zero-order valence-electron chi connectivity index (χ0n) is 17.6. The number of methoxy groups -OCH3 is 1.